The zero-order valence-corrected chi connectivity index (χ0v) is 18.4. The second-order valence-electron chi connectivity index (χ2n) is 8.11. The van der Waals surface area contributed by atoms with Gasteiger partial charge in [-0.1, -0.05) is 39.0 Å². The number of carbonyl (C=O) groups is 2. The van der Waals surface area contributed by atoms with Crippen molar-refractivity contribution in [3.8, 4) is 5.75 Å². The van der Waals surface area contributed by atoms with E-state index in [9.17, 15) is 22.8 Å². The van der Waals surface area contributed by atoms with E-state index in [1.54, 1.807) is 0 Å². The van der Waals surface area contributed by atoms with Gasteiger partial charge in [-0.15, -0.1) is 0 Å². The molecule has 1 aromatic rings. The number of carbonyl (C=O) groups excluding carboxylic acids is 2. The van der Waals surface area contributed by atoms with Gasteiger partial charge < -0.3 is 21.1 Å². The number of fused-ring (bicyclic) bond motifs is 1. The summed E-state index contributed by atoms with van der Waals surface area (Å²) in [5.74, 6) is -0.0620. The molecule has 0 aliphatic carbocycles. The maximum absolute atomic E-state index is 12.5. The number of nitrogens with two attached hydrogens (primary N) is 2. The van der Waals surface area contributed by atoms with Gasteiger partial charge in [0, 0.05) is 19.6 Å². The fraction of sp³-hybridized carbons (Fsp3) is 0.652. The lowest BCUT2D eigenvalue weighted by molar-refractivity contribution is -0.153. The average Bonchev–Trinajstić information content (AvgIpc) is 2.73. The summed E-state index contributed by atoms with van der Waals surface area (Å²) in [6.07, 6.45) is -0.582. The highest BCUT2D eigenvalue weighted by molar-refractivity contribution is 5.89. The SMILES string of the molecule is C.CCCC(C(N)=O)N1CCCN(CC(F)(F)F)CC(N)C1=O.c1ccc2c(c1)CCCO2. The molecule has 7 nitrogen and oxygen atoms in total. The molecule has 0 radical (unpaired) electrons. The number of hydrogen-bond donors (Lipinski definition) is 2. The molecule has 0 aromatic heterocycles. The first-order valence-electron chi connectivity index (χ1n) is 11.0. The minimum atomic E-state index is -4.33. The van der Waals surface area contributed by atoms with Gasteiger partial charge in [0.25, 0.3) is 0 Å². The van der Waals surface area contributed by atoms with E-state index in [4.69, 9.17) is 16.2 Å². The van der Waals surface area contributed by atoms with Crippen molar-refractivity contribution in [3.63, 3.8) is 0 Å². The van der Waals surface area contributed by atoms with Crippen LogP contribution < -0.4 is 16.2 Å². The lowest BCUT2D eigenvalue weighted by atomic mass is 10.1. The molecule has 2 amide bonds. The van der Waals surface area contributed by atoms with Crippen molar-refractivity contribution in [1.82, 2.24) is 9.80 Å². The molecular formula is C23H37F3N4O3. The minimum Gasteiger partial charge on any atom is -0.493 e. The molecule has 4 N–H and O–H groups in total. The second kappa shape index (κ2) is 13.4. The van der Waals surface area contributed by atoms with Crippen molar-refractivity contribution < 1.29 is 27.5 Å². The molecule has 1 fully saturated rings. The summed E-state index contributed by atoms with van der Waals surface area (Å²) in [5, 5.41) is 0. The number of rotatable bonds is 5. The van der Waals surface area contributed by atoms with E-state index in [1.165, 1.54) is 16.9 Å². The minimum absolute atomic E-state index is 0. The summed E-state index contributed by atoms with van der Waals surface area (Å²) < 4.78 is 42.8. The average molecular weight is 475 g/mol. The summed E-state index contributed by atoms with van der Waals surface area (Å²) in [7, 11) is 0. The maximum Gasteiger partial charge on any atom is 0.401 e. The molecule has 1 saturated heterocycles. The molecule has 10 heteroatoms. The monoisotopic (exact) mass is 474 g/mol. The normalized spacial score (nSPS) is 20.1. The Balaban J connectivity index is 0.000000409. The molecular weight excluding hydrogens is 437 g/mol. The van der Waals surface area contributed by atoms with Crippen molar-refractivity contribution in [2.45, 2.75) is 64.7 Å². The Labute approximate surface area is 194 Å². The molecule has 188 valence electrons. The number of nitrogens with zero attached hydrogens (tertiary/aromatic N) is 2. The summed E-state index contributed by atoms with van der Waals surface area (Å²) in [4.78, 5) is 26.3. The molecule has 1 aromatic carbocycles. The van der Waals surface area contributed by atoms with Gasteiger partial charge in [-0.25, -0.2) is 0 Å². The van der Waals surface area contributed by atoms with Crippen molar-refractivity contribution in [2.24, 2.45) is 11.5 Å². The van der Waals surface area contributed by atoms with E-state index in [2.05, 4.69) is 12.1 Å². The number of halogens is 3. The highest BCUT2D eigenvalue weighted by atomic mass is 19.4. The van der Waals surface area contributed by atoms with Crippen LogP contribution in [0.3, 0.4) is 0 Å². The Bertz CT molecular complexity index is 736. The van der Waals surface area contributed by atoms with E-state index in [0.29, 0.717) is 19.3 Å². The van der Waals surface area contributed by atoms with Gasteiger partial charge in [0.05, 0.1) is 19.2 Å². The molecule has 2 aliphatic rings. The number of alkyl halides is 3. The highest BCUT2D eigenvalue weighted by Gasteiger charge is 2.36. The standard InChI is InChI=1S/C13H23F3N4O2.C9H10O.CH4/c1-2-4-10(11(18)21)20-6-3-5-19(8-13(14,15)16)7-9(17)12(20)22;1-2-6-9-8(4-1)5-3-7-10-9;/h9-10H,2-8,17H2,1H3,(H2,18,21);1-2,4,6H,3,5,7H2;1H4. The maximum atomic E-state index is 12.5. The fourth-order valence-corrected chi connectivity index (χ4v) is 3.96. The van der Waals surface area contributed by atoms with Crippen molar-refractivity contribution in [3.05, 3.63) is 29.8 Å². The van der Waals surface area contributed by atoms with Crippen molar-refractivity contribution >= 4 is 11.8 Å². The third-order valence-corrected chi connectivity index (χ3v) is 5.42. The predicted molar refractivity (Wildman–Crippen MR) is 122 cm³/mol. The van der Waals surface area contributed by atoms with Gasteiger partial charge in [-0.2, -0.15) is 13.2 Å². The number of aryl methyl sites for hydroxylation is 1. The van der Waals surface area contributed by atoms with Crippen LogP contribution in [0, 0.1) is 0 Å². The summed E-state index contributed by atoms with van der Waals surface area (Å²) >= 11 is 0. The van der Waals surface area contributed by atoms with Crippen LogP contribution in [0.1, 0.15) is 45.6 Å². The third-order valence-electron chi connectivity index (χ3n) is 5.42. The quantitative estimate of drug-likeness (QED) is 0.683. The summed E-state index contributed by atoms with van der Waals surface area (Å²) in [5.41, 5.74) is 12.4. The van der Waals surface area contributed by atoms with Gasteiger partial charge in [0.1, 0.15) is 11.8 Å². The van der Waals surface area contributed by atoms with E-state index < -0.39 is 36.6 Å². The number of amides is 2. The Morgan fingerprint density at radius 3 is 2.55 bits per heavy atom. The predicted octanol–water partition coefficient (Wildman–Crippen LogP) is 2.71. The molecule has 2 heterocycles. The van der Waals surface area contributed by atoms with Crippen LogP contribution in [0.25, 0.3) is 0 Å². The number of hydrogen-bond acceptors (Lipinski definition) is 5. The van der Waals surface area contributed by atoms with Gasteiger partial charge in [-0.3, -0.25) is 14.5 Å². The molecule has 2 aliphatic heterocycles. The topological polar surface area (TPSA) is 102 Å². The number of primary amides is 1. The Morgan fingerprint density at radius 1 is 1.24 bits per heavy atom. The van der Waals surface area contributed by atoms with Crippen LogP contribution in [0.2, 0.25) is 0 Å². The summed E-state index contributed by atoms with van der Waals surface area (Å²) in [6.45, 7) is 1.80. The zero-order valence-electron chi connectivity index (χ0n) is 18.4. The van der Waals surface area contributed by atoms with Crippen LogP contribution in [-0.4, -0.2) is 72.7 Å². The molecule has 0 spiro atoms. The molecule has 0 saturated carbocycles. The Morgan fingerprint density at radius 2 is 1.94 bits per heavy atom. The van der Waals surface area contributed by atoms with Gasteiger partial charge >= 0.3 is 6.18 Å². The number of ether oxygens (including phenoxy) is 1. The summed E-state index contributed by atoms with van der Waals surface area (Å²) in [6, 6.07) is 6.40. The number of para-hydroxylation sites is 1. The first-order chi connectivity index (χ1) is 15.1. The Hall–Kier alpha value is -2.33. The largest absolute Gasteiger partial charge is 0.493 e. The third kappa shape index (κ3) is 9.21. The van der Waals surface area contributed by atoms with Crippen LogP contribution in [0.5, 0.6) is 5.75 Å². The first kappa shape index (κ1) is 28.7. The molecule has 33 heavy (non-hydrogen) atoms. The lowest BCUT2D eigenvalue weighted by Crippen LogP contribution is -2.58. The fourth-order valence-electron chi connectivity index (χ4n) is 3.96. The number of benzene rings is 1. The van der Waals surface area contributed by atoms with Crippen LogP contribution in [0.4, 0.5) is 13.2 Å². The first-order valence-corrected chi connectivity index (χ1v) is 11.0. The van der Waals surface area contributed by atoms with Gasteiger partial charge in [0.15, 0.2) is 0 Å². The molecule has 2 unspecified atom stereocenters. The van der Waals surface area contributed by atoms with E-state index >= 15 is 0 Å². The van der Waals surface area contributed by atoms with E-state index in [-0.39, 0.29) is 27.1 Å². The van der Waals surface area contributed by atoms with E-state index in [0.717, 1.165) is 23.7 Å². The second-order valence-corrected chi connectivity index (χ2v) is 8.11. The Kier molecular flexibility index (Phi) is 11.7. The highest BCUT2D eigenvalue weighted by Crippen LogP contribution is 2.23. The van der Waals surface area contributed by atoms with Crippen LogP contribution >= 0.6 is 0 Å². The molecule has 2 atom stereocenters. The van der Waals surface area contributed by atoms with Gasteiger partial charge in [0.2, 0.25) is 11.8 Å². The van der Waals surface area contributed by atoms with Crippen LogP contribution in [-0.2, 0) is 16.0 Å². The lowest BCUT2D eigenvalue weighted by Gasteiger charge is -2.36. The molecule has 3 rings (SSSR count). The van der Waals surface area contributed by atoms with Crippen molar-refractivity contribution in [2.75, 3.05) is 32.8 Å². The zero-order chi connectivity index (χ0) is 23.7. The van der Waals surface area contributed by atoms with E-state index in [1.807, 2.05) is 19.1 Å². The van der Waals surface area contributed by atoms with Crippen molar-refractivity contribution in [1.29, 1.82) is 0 Å². The van der Waals surface area contributed by atoms with Crippen LogP contribution in [0.15, 0.2) is 24.3 Å². The molecule has 0 bridgehead atoms. The van der Waals surface area contributed by atoms with Gasteiger partial charge in [-0.05, 0) is 37.3 Å². The smallest absolute Gasteiger partial charge is 0.401 e.